The largest absolute Gasteiger partial charge is 0.383 e. The molecule has 0 spiro atoms. The van der Waals surface area contributed by atoms with Gasteiger partial charge in [-0.2, -0.15) is 0 Å². The van der Waals surface area contributed by atoms with Crippen molar-refractivity contribution in [3.8, 4) is 0 Å². The summed E-state index contributed by atoms with van der Waals surface area (Å²) in [5.41, 5.74) is 4.92. The molecule has 66 valence electrons. The van der Waals surface area contributed by atoms with Crippen molar-refractivity contribution in [1.82, 2.24) is 4.98 Å². The van der Waals surface area contributed by atoms with Crippen molar-refractivity contribution < 1.29 is 8.78 Å². The normalized spacial score (nSPS) is 10.8. The maximum atomic E-state index is 12.2. The molecule has 12 heavy (non-hydrogen) atoms. The first kappa shape index (κ1) is 9.91. The Labute approximate surface area is 86.3 Å². The Morgan fingerprint density at radius 1 is 1.58 bits per heavy atom. The monoisotopic (exact) mass is 304 g/mol. The van der Waals surface area contributed by atoms with Crippen LogP contribution >= 0.6 is 34.2 Å². The van der Waals surface area contributed by atoms with Crippen LogP contribution in [0.2, 0.25) is 5.02 Å². The second-order valence-electron chi connectivity index (χ2n) is 2.04. The number of rotatable bonds is 1. The van der Waals surface area contributed by atoms with Gasteiger partial charge in [0.15, 0.2) is 0 Å². The van der Waals surface area contributed by atoms with E-state index in [1.807, 2.05) is 22.6 Å². The van der Waals surface area contributed by atoms with Crippen LogP contribution in [0.4, 0.5) is 14.6 Å². The standard InChI is InChI=1S/C6H4ClF2IN2/c7-3-1-2(4(8)9)6(11)12-5(3)10/h1,4H,(H2,11,12). The van der Waals surface area contributed by atoms with Crippen LogP contribution in [0.15, 0.2) is 6.07 Å². The van der Waals surface area contributed by atoms with E-state index < -0.39 is 6.43 Å². The second-order valence-corrected chi connectivity index (χ2v) is 3.47. The lowest BCUT2D eigenvalue weighted by atomic mass is 10.3. The van der Waals surface area contributed by atoms with Gasteiger partial charge in [-0.05, 0) is 28.7 Å². The molecule has 0 fully saturated rings. The fourth-order valence-electron chi connectivity index (χ4n) is 0.669. The third-order valence-corrected chi connectivity index (χ3v) is 2.66. The maximum Gasteiger partial charge on any atom is 0.267 e. The van der Waals surface area contributed by atoms with Gasteiger partial charge >= 0.3 is 0 Å². The first-order valence-electron chi connectivity index (χ1n) is 2.92. The summed E-state index contributed by atoms with van der Waals surface area (Å²) in [5, 5.41) is 0.195. The van der Waals surface area contributed by atoms with Gasteiger partial charge in [0, 0.05) is 0 Å². The van der Waals surface area contributed by atoms with Crippen LogP contribution < -0.4 is 5.73 Å². The minimum absolute atomic E-state index is 0.168. The molecule has 0 aliphatic rings. The molecule has 0 aliphatic heterocycles. The summed E-state index contributed by atoms with van der Waals surface area (Å²) < 4.78 is 24.7. The van der Waals surface area contributed by atoms with Crippen molar-refractivity contribution in [2.75, 3.05) is 5.73 Å². The zero-order valence-corrected chi connectivity index (χ0v) is 8.60. The van der Waals surface area contributed by atoms with E-state index in [0.717, 1.165) is 6.07 Å². The Morgan fingerprint density at radius 2 is 2.17 bits per heavy atom. The smallest absolute Gasteiger partial charge is 0.267 e. The molecule has 0 unspecified atom stereocenters. The number of nitrogens with zero attached hydrogens (tertiary/aromatic N) is 1. The van der Waals surface area contributed by atoms with E-state index in [-0.39, 0.29) is 16.4 Å². The number of aromatic nitrogens is 1. The van der Waals surface area contributed by atoms with E-state index in [1.54, 1.807) is 0 Å². The summed E-state index contributed by atoms with van der Waals surface area (Å²) in [5.74, 6) is -0.168. The quantitative estimate of drug-likeness (QED) is 0.640. The van der Waals surface area contributed by atoms with Crippen molar-refractivity contribution in [3.63, 3.8) is 0 Å². The average molecular weight is 304 g/mol. The Morgan fingerprint density at radius 3 is 2.67 bits per heavy atom. The fraction of sp³-hybridized carbons (Fsp3) is 0.167. The summed E-state index contributed by atoms with van der Waals surface area (Å²) in [6.07, 6.45) is -2.63. The van der Waals surface area contributed by atoms with Crippen LogP contribution in [0, 0.1) is 3.70 Å². The lowest BCUT2D eigenvalue weighted by Gasteiger charge is -2.04. The molecule has 1 aromatic rings. The van der Waals surface area contributed by atoms with Gasteiger partial charge in [0.25, 0.3) is 6.43 Å². The number of hydrogen-bond donors (Lipinski definition) is 1. The summed E-state index contributed by atoms with van der Waals surface area (Å²) in [6.45, 7) is 0. The molecule has 0 aliphatic carbocycles. The molecule has 0 bridgehead atoms. The van der Waals surface area contributed by atoms with Gasteiger partial charge in [-0.3, -0.25) is 0 Å². The predicted molar refractivity (Wildman–Crippen MR) is 51.3 cm³/mol. The van der Waals surface area contributed by atoms with E-state index in [0.29, 0.717) is 3.70 Å². The van der Waals surface area contributed by atoms with E-state index in [1.165, 1.54) is 0 Å². The van der Waals surface area contributed by atoms with Crippen LogP contribution in [-0.4, -0.2) is 4.98 Å². The predicted octanol–water partition coefficient (Wildman–Crippen LogP) is 2.86. The number of alkyl halides is 2. The number of halogens is 4. The molecule has 0 saturated heterocycles. The molecule has 0 saturated carbocycles. The molecule has 2 nitrogen and oxygen atoms in total. The van der Waals surface area contributed by atoms with Crippen LogP contribution in [0.3, 0.4) is 0 Å². The Kier molecular flexibility index (Phi) is 3.05. The van der Waals surface area contributed by atoms with Gasteiger partial charge in [-0.25, -0.2) is 13.8 Å². The molecule has 6 heteroatoms. The third kappa shape index (κ3) is 1.95. The summed E-state index contributed by atoms with van der Waals surface area (Å²) in [4.78, 5) is 3.65. The second kappa shape index (κ2) is 3.69. The average Bonchev–Trinajstić information content (AvgIpc) is 1.96. The third-order valence-electron chi connectivity index (χ3n) is 1.23. The number of nitrogen functional groups attached to an aromatic ring is 1. The van der Waals surface area contributed by atoms with Crippen molar-refractivity contribution in [2.45, 2.75) is 6.43 Å². The van der Waals surface area contributed by atoms with E-state index in [2.05, 4.69) is 4.98 Å². The van der Waals surface area contributed by atoms with Crippen molar-refractivity contribution >= 4 is 40.0 Å². The van der Waals surface area contributed by atoms with Crippen LogP contribution in [0.25, 0.3) is 0 Å². The lowest BCUT2D eigenvalue weighted by molar-refractivity contribution is 0.152. The molecule has 1 rings (SSSR count). The highest BCUT2D eigenvalue weighted by Crippen LogP contribution is 2.28. The minimum atomic E-state index is -2.63. The van der Waals surface area contributed by atoms with E-state index in [9.17, 15) is 8.78 Å². The molecular formula is C6H4ClF2IN2. The summed E-state index contributed by atoms with van der Waals surface area (Å²) >= 11 is 7.39. The Bertz CT molecular complexity index is 306. The van der Waals surface area contributed by atoms with Crippen molar-refractivity contribution in [1.29, 1.82) is 0 Å². The van der Waals surface area contributed by atoms with Gasteiger partial charge in [0.1, 0.15) is 9.52 Å². The molecule has 1 aromatic heterocycles. The molecule has 0 amide bonds. The number of anilines is 1. The Hall–Kier alpha value is -0.170. The zero-order valence-electron chi connectivity index (χ0n) is 5.69. The van der Waals surface area contributed by atoms with E-state index in [4.69, 9.17) is 17.3 Å². The van der Waals surface area contributed by atoms with Crippen molar-refractivity contribution in [3.05, 3.63) is 20.4 Å². The van der Waals surface area contributed by atoms with E-state index >= 15 is 0 Å². The van der Waals surface area contributed by atoms with Gasteiger partial charge in [-0.15, -0.1) is 0 Å². The highest BCUT2D eigenvalue weighted by atomic mass is 127. The zero-order chi connectivity index (χ0) is 9.30. The first-order valence-corrected chi connectivity index (χ1v) is 4.37. The van der Waals surface area contributed by atoms with Gasteiger partial charge in [-0.1, -0.05) is 11.6 Å². The van der Waals surface area contributed by atoms with Gasteiger partial charge in [0.05, 0.1) is 10.6 Å². The maximum absolute atomic E-state index is 12.2. The van der Waals surface area contributed by atoms with Gasteiger partial charge in [0.2, 0.25) is 0 Å². The van der Waals surface area contributed by atoms with Crippen LogP contribution in [-0.2, 0) is 0 Å². The molecule has 1 heterocycles. The van der Waals surface area contributed by atoms with Crippen molar-refractivity contribution in [2.24, 2.45) is 0 Å². The fourth-order valence-corrected chi connectivity index (χ4v) is 1.24. The highest BCUT2D eigenvalue weighted by Gasteiger charge is 2.14. The van der Waals surface area contributed by atoms with Crippen LogP contribution in [0.1, 0.15) is 12.0 Å². The number of pyridine rings is 1. The highest BCUT2D eigenvalue weighted by molar-refractivity contribution is 14.1. The topological polar surface area (TPSA) is 38.9 Å². The summed E-state index contributed by atoms with van der Waals surface area (Å²) in [7, 11) is 0. The lowest BCUT2D eigenvalue weighted by Crippen LogP contribution is -2.00. The SMILES string of the molecule is Nc1nc(I)c(Cl)cc1C(F)F. The molecule has 0 radical (unpaired) electrons. The number of nitrogens with two attached hydrogens (primary N) is 1. The minimum Gasteiger partial charge on any atom is -0.383 e. The molecular weight excluding hydrogens is 300 g/mol. The molecule has 2 N–H and O–H groups in total. The number of hydrogen-bond acceptors (Lipinski definition) is 2. The van der Waals surface area contributed by atoms with Crippen LogP contribution in [0.5, 0.6) is 0 Å². The van der Waals surface area contributed by atoms with Gasteiger partial charge < -0.3 is 5.73 Å². The Balaban J connectivity index is 3.23. The first-order chi connectivity index (χ1) is 5.52. The summed E-state index contributed by atoms with van der Waals surface area (Å²) in [6, 6.07) is 1.14. The molecule has 0 aromatic carbocycles. The molecule has 0 atom stereocenters.